The Bertz CT molecular complexity index is 530. The number of carbonyl (C=O) groups excluding carboxylic acids is 2. The Balaban J connectivity index is 0.00000288. The maximum Gasteiger partial charge on any atom is 0.220 e. The normalized spacial score (nSPS) is 14.4. The summed E-state index contributed by atoms with van der Waals surface area (Å²) < 4.78 is 5.49. The van der Waals surface area contributed by atoms with Gasteiger partial charge in [-0.15, -0.1) is 12.4 Å². The molecule has 0 radical (unpaired) electrons. The molecule has 1 aromatic rings. The standard InChI is InChI=1S/C18H26N2O3.ClH/c1-2-11-23-15-7-5-14(6-8-15)17(21)9-10-18(22)20-16(12-19)13-3-4-13;/h5-8,13,16H,2-4,9-12,19H2,1H3,(H,20,22);1H. The Morgan fingerprint density at radius 3 is 2.46 bits per heavy atom. The maximum atomic E-state index is 12.1. The lowest BCUT2D eigenvalue weighted by molar-refractivity contribution is -0.121. The lowest BCUT2D eigenvalue weighted by atomic mass is 10.1. The molecule has 0 saturated heterocycles. The number of nitrogens with one attached hydrogen (secondary N) is 1. The third-order valence-corrected chi connectivity index (χ3v) is 4.02. The number of hydrogen-bond acceptors (Lipinski definition) is 4. The van der Waals surface area contributed by atoms with Crippen molar-refractivity contribution in [1.82, 2.24) is 5.32 Å². The van der Waals surface area contributed by atoms with Gasteiger partial charge in [0, 0.05) is 31.0 Å². The van der Waals surface area contributed by atoms with Crippen LogP contribution in [0.5, 0.6) is 5.75 Å². The molecule has 1 aromatic carbocycles. The van der Waals surface area contributed by atoms with Gasteiger partial charge in [0.1, 0.15) is 5.75 Å². The van der Waals surface area contributed by atoms with Crippen molar-refractivity contribution in [2.24, 2.45) is 11.7 Å². The first-order chi connectivity index (χ1) is 11.1. The second-order valence-corrected chi connectivity index (χ2v) is 6.04. The molecule has 2 rings (SSSR count). The van der Waals surface area contributed by atoms with Gasteiger partial charge in [-0.1, -0.05) is 6.92 Å². The minimum Gasteiger partial charge on any atom is -0.494 e. The summed E-state index contributed by atoms with van der Waals surface area (Å²) in [7, 11) is 0. The molecule has 0 aliphatic heterocycles. The molecule has 0 heterocycles. The van der Waals surface area contributed by atoms with Gasteiger partial charge in [0.2, 0.25) is 5.91 Å². The van der Waals surface area contributed by atoms with E-state index in [4.69, 9.17) is 10.5 Å². The Morgan fingerprint density at radius 1 is 1.25 bits per heavy atom. The number of rotatable bonds is 10. The molecule has 0 aromatic heterocycles. The predicted molar refractivity (Wildman–Crippen MR) is 96.7 cm³/mol. The highest BCUT2D eigenvalue weighted by atomic mass is 35.5. The molecule has 1 aliphatic rings. The molecule has 134 valence electrons. The zero-order valence-corrected chi connectivity index (χ0v) is 14.9. The monoisotopic (exact) mass is 354 g/mol. The summed E-state index contributed by atoms with van der Waals surface area (Å²) in [5.74, 6) is 1.16. The van der Waals surface area contributed by atoms with Crippen LogP contribution in [0.4, 0.5) is 0 Å². The summed E-state index contributed by atoms with van der Waals surface area (Å²) in [5, 5.41) is 2.93. The van der Waals surface area contributed by atoms with Crippen LogP contribution in [0.25, 0.3) is 0 Å². The zero-order valence-electron chi connectivity index (χ0n) is 14.1. The highest BCUT2D eigenvalue weighted by Crippen LogP contribution is 2.32. The van der Waals surface area contributed by atoms with Crippen molar-refractivity contribution in [2.45, 2.75) is 45.1 Å². The minimum absolute atomic E-state index is 0. The molecule has 0 bridgehead atoms. The average molecular weight is 355 g/mol. The number of carbonyl (C=O) groups is 2. The summed E-state index contributed by atoms with van der Waals surface area (Å²) in [6, 6.07) is 7.14. The fourth-order valence-corrected chi connectivity index (χ4v) is 2.48. The van der Waals surface area contributed by atoms with Crippen LogP contribution in [0.1, 0.15) is 49.4 Å². The first-order valence-electron chi connectivity index (χ1n) is 8.39. The lowest BCUT2D eigenvalue weighted by Gasteiger charge is -2.15. The summed E-state index contributed by atoms with van der Waals surface area (Å²) >= 11 is 0. The van der Waals surface area contributed by atoms with Crippen LogP contribution >= 0.6 is 12.4 Å². The van der Waals surface area contributed by atoms with Crippen molar-refractivity contribution in [1.29, 1.82) is 0 Å². The van der Waals surface area contributed by atoms with Crippen LogP contribution in [0.3, 0.4) is 0 Å². The van der Waals surface area contributed by atoms with Gasteiger partial charge in [0.25, 0.3) is 0 Å². The molecule has 1 amide bonds. The largest absolute Gasteiger partial charge is 0.494 e. The van der Waals surface area contributed by atoms with Gasteiger partial charge >= 0.3 is 0 Å². The first-order valence-corrected chi connectivity index (χ1v) is 8.39. The van der Waals surface area contributed by atoms with Gasteiger partial charge in [-0.3, -0.25) is 9.59 Å². The van der Waals surface area contributed by atoms with Crippen LogP contribution in [-0.4, -0.2) is 30.9 Å². The van der Waals surface area contributed by atoms with Crippen molar-refractivity contribution in [3.8, 4) is 5.75 Å². The molecule has 6 heteroatoms. The number of hydrogen-bond donors (Lipinski definition) is 2. The van der Waals surface area contributed by atoms with Gasteiger partial charge in [-0.05, 0) is 49.4 Å². The Hall–Kier alpha value is -1.59. The molecule has 5 nitrogen and oxygen atoms in total. The number of benzene rings is 1. The van der Waals surface area contributed by atoms with E-state index in [2.05, 4.69) is 5.32 Å². The number of amides is 1. The van der Waals surface area contributed by atoms with Crippen LogP contribution in [0.15, 0.2) is 24.3 Å². The second kappa shape index (κ2) is 10.3. The summed E-state index contributed by atoms with van der Waals surface area (Å²) in [4.78, 5) is 24.0. The van der Waals surface area contributed by atoms with Crippen molar-refractivity contribution in [3.63, 3.8) is 0 Å². The second-order valence-electron chi connectivity index (χ2n) is 6.04. The van der Waals surface area contributed by atoms with Crippen LogP contribution < -0.4 is 15.8 Å². The van der Waals surface area contributed by atoms with Crippen molar-refractivity contribution < 1.29 is 14.3 Å². The van der Waals surface area contributed by atoms with Gasteiger partial charge in [-0.2, -0.15) is 0 Å². The SMILES string of the molecule is CCCOc1ccc(C(=O)CCC(=O)NC(CN)C2CC2)cc1.Cl. The van der Waals surface area contributed by atoms with Crippen LogP contribution in [0, 0.1) is 5.92 Å². The van der Waals surface area contributed by atoms with E-state index in [9.17, 15) is 9.59 Å². The van der Waals surface area contributed by atoms with E-state index < -0.39 is 0 Å². The van der Waals surface area contributed by atoms with E-state index in [1.54, 1.807) is 24.3 Å². The molecule has 1 fully saturated rings. The quantitative estimate of drug-likeness (QED) is 0.633. The van der Waals surface area contributed by atoms with Crippen LogP contribution in [0.2, 0.25) is 0 Å². The number of Topliss-reactive ketones (excluding diaryl/α,β-unsaturated/α-hetero) is 1. The minimum atomic E-state index is -0.0939. The van der Waals surface area contributed by atoms with Crippen molar-refractivity contribution >= 4 is 24.1 Å². The summed E-state index contributed by atoms with van der Waals surface area (Å²) in [6.07, 6.45) is 3.63. The van der Waals surface area contributed by atoms with Gasteiger partial charge < -0.3 is 15.8 Å². The summed E-state index contributed by atoms with van der Waals surface area (Å²) in [5.41, 5.74) is 6.27. The molecule has 1 aliphatic carbocycles. The molecule has 1 saturated carbocycles. The van der Waals surface area contributed by atoms with Crippen molar-refractivity contribution in [2.75, 3.05) is 13.2 Å². The van der Waals surface area contributed by atoms with Gasteiger partial charge in [0.05, 0.1) is 6.61 Å². The number of nitrogens with two attached hydrogens (primary N) is 1. The lowest BCUT2D eigenvalue weighted by Crippen LogP contribution is -2.41. The highest BCUT2D eigenvalue weighted by molar-refractivity contribution is 5.98. The van der Waals surface area contributed by atoms with Crippen molar-refractivity contribution in [3.05, 3.63) is 29.8 Å². The predicted octanol–water partition coefficient (Wildman–Crippen LogP) is 2.71. The Kier molecular flexibility index (Phi) is 8.79. The first kappa shape index (κ1) is 20.5. The molecule has 3 N–H and O–H groups in total. The van der Waals surface area contributed by atoms with Crippen LogP contribution in [-0.2, 0) is 4.79 Å². The third-order valence-electron chi connectivity index (χ3n) is 4.02. The Labute approximate surface area is 149 Å². The molecule has 1 unspecified atom stereocenters. The zero-order chi connectivity index (χ0) is 16.7. The number of halogens is 1. The number of ketones is 1. The fraction of sp³-hybridized carbons (Fsp3) is 0.556. The van der Waals surface area contributed by atoms with E-state index in [1.165, 1.54) is 0 Å². The number of ether oxygens (including phenoxy) is 1. The molecular formula is C18H27ClN2O3. The van der Waals surface area contributed by atoms with E-state index >= 15 is 0 Å². The van der Waals surface area contributed by atoms with E-state index in [0.29, 0.717) is 24.6 Å². The van der Waals surface area contributed by atoms with E-state index in [1.807, 2.05) is 6.92 Å². The van der Waals surface area contributed by atoms with E-state index in [0.717, 1.165) is 25.0 Å². The molecular weight excluding hydrogens is 328 g/mol. The molecule has 1 atom stereocenters. The third kappa shape index (κ3) is 6.49. The molecule has 0 spiro atoms. The topological polar surface area (TPSA) is 81.4 Å². The van der Waals surface area contributed by atoms with E-state index in [-0.39, 0.29) is 43.0 Å². The summed E-state index contributed by atoms with van der Waals surface area (Å²) in [6.45, 7) is 3.17. The smallest absolute Gasteiger partial charge is 0.220 e. The van der Waals surface area contributed by atoms with Gasteiger partial charge in [0.15, 0.2) is 5.78 Å². The highest BCUT2D eigenvalue weighted by Gasteiger charge is 2.31. The van der Waals surface area contributed by atoms with Gasteiger partial charge in [-0.25, -0.2) is 0 Å². The molecule has 24 heavy (non-hydrogen) atoms. The Morgan fingerprint density at radius 2 is 1.92 bits per heavy atom. The maximum absolute atomic E-state index is 12.1. The fourth-order valence-electron chi connectivity index (χ4n) is 2.48. The average Bonchev–Trinajstić information content (AvgIpc) is 3.41.